The minimum absolute atomic E-state index is 0.0850. The van der Waals surface area contributed by atoms with E-state index in [0.717, 1.165) is 0 Å². The fraction of sp³-hybridized carbons (Fsp3) is 0.214. The highest BCUT2D eigenvalue weighted by Crippen LogP contribution is 2.34. The van der Waals surface area contributed by atoms with E-state index in [1.54, 1.807) is 73.7 Å². The van der Waals surface area contributed by atoms with Crippen LogP contribution in [0.3, 0.4) is 0 Å². The van der Waals surface area contributed by atoms with Crippen LogP contribution >= 0.6 is 11.6 Å². The number of carboxylic acids is 2. The Balaban J connectivity index is 2.01. The Hall–Kier alpha value is -3.97. The third-order valence-corrected chi connectivity index (χ3v) is 6.42. The molecule has 0 spiro atoms. The first-order chi connectivity index (χ1) is 17.2. The SMILES string of the molecule is CCC(CC(=O)c1ccc(-c2ccc(Cl)cc2)c(C(=O)NCCC(=O)O)c1)(C(=O)O)c1ccccc1. The van der Waals surface area contributed by atoms with E-state index < -0.39 is 29.0 Å². The highest BCUT2D eigenvalue weighted by Gasteiger charge is 2.41. The van der Waals surface area contributed by atoms with Crippen LogP contribution in [0.25, 0.3) is 11.1 Å². The van der Waals surface area contributed by atoms with Crippen LogP contribution in [0.5, 0.6) is 0 Å². The number of carbonyl (C=O) groups excluding carboxylic acids is 2. The number of carbonyl (C=O) groups is 4. The van der Waals surface area contributed by atoms with Gasteiger partial charge in [-0.15, -0.1) is 0 Å². The minimum atomic E-state index is -1.42. The van der Waals surface area contributed by atoms with Gasteiger partial charge in [0.2, 0.25) is 0 Å². The topological polar surface area (TPSA) is 121 Å². The first-order valence-electron chi connectivity index (χ1n) is 11.4. The molecule has 0 aliphatic rings. The maximum atomic E-state index is 13.4. The van der Waals surface area contributed by atoms with Crippen molar-refractivity contribution < 1.29 is 29.4 Å². The van der Waals surface area contributed by atoms with Gasteiger partial charge in [0, 0.05) is 29.1 Å². The molecule has 0 saturated carbocycles. The summed E-state index contributed by atoms with van der Waals surface area (Å²) < 4.78 is 0. The van der Waals surface area contributed by atoms with Crippen LogP contribution in [0.15, 0.2) is 72.8 Å². The average molecular weight is 508 g/mol. The van der Waals surface area contributed by atoms with Crippen LogP contribution in [-0.4, -0.2) is 40.4 Å². The zero-order chi connectivity index (χ0) is 26.3. The summed E-state index contributed by atoms with van der Waals surface area (Å²) in [5.41, 5.74) is 0.671. The van der Waals surface area contributed by atoms with E-state index in [2.05, 4.69) is 5.32 Å². The van der Waals surface area contributed by atoms with Gasteiger partial charge in [0.15, 0.2) is 5.78 Å². The van der Waals surface area contributed by atoms with E-state index in [-0.39, 0.29) is 36.9 Å². The molecule has 1 amide bonds. The number of halogens is 1. The van der Waals surface area contributed by atoms with Gasteiger partial charge >= 0.3 is 11.9 Å². The molecular formula is C28H26ClNO6. The van der Waals surface area contributed by atoms with Gasteiger partial charge in [0.25, 0.3) is 5.91 Å². The van der Waals surface area contributed by atoms with Crippen molar-refractivity contribution >= 4 is 35.2 Å². The molecule has 0 radical (unpaired) electrons. The number of Topliss-reactive ketones (excluding diaryl/α,β-unsaturated/α-hetero) is 1. The smallest absolute Gasteiger partial charge is 0.314 e. The molecule has 7 nitrogen and oxygen atoms in total. The number of rotatable bonds is 11. The van der Waals surface area contributed by atoms with Gasteiger partial charge in [0.05, 0.1) is 11.8 Å². The van der Waals surface area contributed by atoms with Gasteiger partial charge in [-0.25, -0.2) is 0 Å². The van der Waals surface area contributed by atoms with Gasteiger partial charge in [-0.3, -0.25) is 19.2 Å². The molecule has 3 aromatic carbocycles. The molecule has 0 heterocycles. The van der Waals surface area contributed by atoms with Crippen molar-refractivity contribution in [1.82, 2.24) is 5.32 Å². The fourth-order valence-corrected chi connectivity index (χ4v) is 4.21. The van der Waals surface area contributed by atoms with E-state index in [4.69, 9.17) is 16.7 Å². The van der Waals surface area contributed by atoms with Crippen molar-refractivity contribution in [2.45, 2.75) is 31.6 Å². The summed E-state index contributed by atoms with van der Waals surface area (Å²) in [5, 5.41) is 22.1. The van der Waals surface area contributed by atoms with Crippen LogP contribution < -0.4 is 5.32 Å². The van der Waals surface area contributed by atoms with Crippen LogP contribution in [0, 0.1) is 0 Å². The molecule has 3 aromatic rings. The van der Waals surface area contributed by atoms with Crippen molar-refractivity contribution in [1.29, 1.82) is 0 Å². The van der Waals surface area contributed by atoms with Gasteiger partial charge in [0.1, 0.15) is 0 Å². The lowest BCUT2D eigenvalue weighted by Crippen LogP contribution is -2.37. The molecule has 0 fully saturated rings. The predicted octanol–water partition coefficient (Wildman–Crippen LogP) is 5.22. The van der Waals surface area contributed by atoms with Gasteiger partial charge in [-0.1, -0.05) is 73.1 Å². The molecule has 0 saturated heterocycles. The summed E-state index contributed by atoms with van der Waals surface area (Å²) in [6.07, 6.45) is -0.345. The fourth-order valence-electron chi connectivity index (χ4n) is 4.08. The Kier molecular flexibility index (Phi) is 8.61. The number of carboxylic acid groups (broad SMARTS) is 2. The van der Waals surface area contributed by atoms with Crippen molar-refractivity contribution in [3.05, 3.63) is 94.5 Å². The molecule has 186 valence electrons. The lowest BCUT2D eigenvalue weighted by atomic mass is 9.73. The normalized spacial score (nSPS) is 12.4. The Morgan fingerprint density at radius 2 is 1.58 bits per heavy atom. The van der Waals surface area contributed by atoms with E-state index in [0.29, 0.717) is 21.7 Å². The summed E-state index contributed by atoms with van der Waals surface area (Å²) in [5.74, 6) is -3.12. The summed E-state index contributed by atoms with van der Waals surface area (Å²) in [7, 11) is 0. The second-order valence-corrected chi connectivity index (χ2v) is 8.81. The molecule has 3 N–H and O–H groups in total. The largest absolute Gasteiger partial charge is 0.481 e. The number of ketones is 1. The molecule has 0 aliphatic heterocycles. The highest BCUT2D eigenvalue weighted by atomic mass is 35.5. The van der Waals surface area contributed by atoms with Gasteiger partial charge in [-0.05, 0) is 41.3 Å². The van der Waals surface area contributed by atoms with E-state index in [1.165, 1.54) is 6.07 Å². The number of hydrogen-bond acceptors (Lipinski definition) is 4. The Bertz CT molecular complexity index is 1270. The Morgan fingerprint density at radius 3 is 2.17 bits per heavy atom. The number of nitrogens with one attached hydrogen (secondary N) is 1. The molecule has 0 bridgehead atoms. The number of aliphatic carboxylic acids is 2. The molecule has 8 heteroatoms. The lowest BCUT2D eigenvalue weighted by Gasteiger charge is -2.28. The van der Waals surface area contributed by atoms with E-state index >= 15 is 0 Å². The highest BCUT2D eigenvalue weighted by molar-refractivity contribution is 6.30. The maximum Gasteiger partial charge on any atom is 0.314 e. The quantitative estimate of drug-likeness (QED) is 0.306. The molecular weight excluding hydrogens is 482 g/mol. The molecule has 1 unspecified atom stereocenters. The van der Waals surface area contributed by atoms with Crippen molar-refractivity contribution in [3.63, 3.8) is 0 Å². The second kappa shape index (κ2) is 11.6. The van der Waals surface area contributed by atoms with Crippen molar-refractivity contribution in [2.24, 2.45) is 0 Å². The first kappa shape index (κ1) is 26.6. The van der Waals surface area contributed by atoms with Crippen LogP contribution in [0.1, 0.15) is 52.5 Å². The molecule has 0 aromatic heterocycles. The van der Waals surface area contributed by atoms with Gasteiger partial charge in [-0.2, -0.15) is 0 Å². The molecule has 36 heavy (non-hydrogen) atoms. The average Bonchev–Trinajstić information content (AvgIpc) is 2.87. The summed E-state index contributed by atoms with van der Waals surface area (Å²) in [6, 6.07) is 20.0. The van der Waals surface area contributed by atoms with Crippen molar-refractivity contribution in [3.8, 4) is 11.1 Å². The minimum Gasteiger partial charge on any atom is -0.481 e. The third-order valence-electron chi connectivity index (χ3n) is 6.17. The van der Waals surface area contributed by atoms with Gasteiger partial charge < -0.3 is 15.5 Å². The second-order valence-electron chi connectivity index (χ2n) is 8.37. The van der Waals surface area contributed by atoms with Crippen LogP contribution in [0.4, 0.5) is 0 Å². The first-order valence-corrected chi connectivity index (χ1v) is 11.8. The summed E-state index contributed by atoms with van der Waals surface area (Å²) in [4.78, 5) is 49.6. The number of benzene rings is 3. The molecule has 1 atom stereocenters. The monoisotopic (exact) mass is 507 g/mol. The maximum absolute atomic E-state index is 13.4. The van der Waals surface area contributed by atoms with Crippen LogP contribution in [0.2, 0.25) is 5.02 Å². The Morgan fingerprint density at radius 1 is 0.917 bits per heavy atom. The molecule has 0 aliphatic carbocycles. The number of amides is 1. The third kappa shape index (κ3) is 5.98. The predicted molar refractivity (Wildman–Crippen MR) is 136 cm³/mol. The zero-order valence-electron chi connectivity index (χ0n) is 19.7. The number of hydrogen-bond donors (Lipinski definition) is 3. The summed E-state index contributed by atoms with van der Waals surface area (Å²) in [6.45, 7) is 1.64. The Labute approximate surface area is 213 Å². The summed E-state index contributed by atoms with van der Waals surface area (Å²) >= 11 is 5.99. The lowest BCUT2D eigenvalue weighted by molar-refractivity contribution is -0.144. The van der Waals surface area contributed by atoms with E-state index in [1.807, 2.05) is 0 Å². The standard InChI is InChI=1S/C28H26ClNO6/c1-2-28(27(35)36,20-6-4-3-5-7-20)17-24(31)19-10-13-22(18-8-11-21(29)12-9-18)23(16-19)26(34)30-15-14-25(32)33/h3-13,16H,2,14-15,17H2,1H3,(H,30,34)(H,32,33)(H,35,36). The van der Waals surface area contributed by atoms with Crippen LogP contribution in [-0.2, 0) is 15.0 Å². The molecule has 3 rings (SSSR count). The van der Waals surface area contributed by atoms with E-state index in [9.17, 15) is 24.3 Å². The van der Waals surface area contributed by atoms with Crippen molar-refractivity contribution in [2.75, 3.05) is 6.54 Å². The zero-order valence-corrected chi connectivity index (χ0v) is 20.4.